The fourth-order valence-corrected chi connectivity index (χ4v) is 10.3. The highest BCUT2D eigenvalue weighted by Gasteiger charge is 2.50. The minimum Gasteiger partial charge on any atom is -0.376 e. The van der Waals surface area contributed by atoms with Crippen LogP contribution in [-0.4, -0.2) is 94.1 Å². The second-order valence-corrected chi connectivity index (χ2v) is 17.6. The fraction of sp³-hybridized carbons (Fsp3) is 0.415. The summed E-state index contributed by atoms with van der Waals surface area (Å²) in [6.45, 7) is 13.3. The molecule has 4 atom stereocenters. The molecule has 7 aromatic rings. The summed E-state index contributed by atoms with van der Waals surface area (Å²) in [7, 11) is 0. The lowest BCUT2D eigenvalue weighted by molar-refractivity contribution is -0.0488. The van der Waals surface area contributed by atoms with Gasteiger partial charge in [-0.2, -0.15) is 0 Å². The summed E-state index contributed by atoms with van der Waals surface area (Å²) >= 11 is 0. The van der Waals surface area contributed by atoms with E-state index in [1.165, 1.54) is 40.7 Å². The van der Waals surface area contributed by atoms with Gasteiger partial charge < -0.3 is 19.6 Å². The summed E-state index contributed by atoms with van der Waals surface area (Å²) in [5.74, 6) is 2.54. The molecule has 0 aliphatic carbocycles. The van der Waals surface area contributed by atoms with Crippen molar-refractivity contribution in [3.63, 3.8) is 0 Å². The van der Waals surface area contributed by atoms with Crippen LogP contribution in [0.5, 0.6) is 0 Å². The lowest BCUT2D eigenvalue weighted by atomic mass is 9.63. The molecule has 0 amide bonds. The van der Waals surface area contributed by atoms with Crippen LogP contribution in [0.1, 0.15) is 129 Å². The van der Waals surface area contributed by atoms with Gasteiger partial charge in [0.15, 0.2) is 5.82 Å². The first kappa shape index (κ1) is 45.8. The molecule has 4 unspecified atom stereocenters. The number of H-pyrrole nitrogens is 3. The molecular formula is C53H67N11O. The summed E-state index contributed by atoms with van der Waals surface area (Å²) in [6, 6.07) is 41.5. The summed E-state index contributed by atoms with van der Waals surface area (Å²) in [5.41, 5.74) is 5.25. The summed E-state index contributed by atoms with van der Waals surface area (Å²) in [5, 5.41) is 15.7. The molecule has 0 radical (unpaired) electrons. The molecule has 8 rings (SSSR count). The molecular weight excluding hydrogens is 807 g/mol. The Balaban J connectivity index is 1.16. The third-order valence-electron chi connectivity index (χ3n) is 13.2. The van der Waals surface area contributed by atoms with E-state index in [1.54, 1.807) is 0 Å². The number of benzene rings is 4. The maximum atomic E-state index is 6.50. The molecule has 0 spiro atoms. The van der Waals surface area contributed by atoms with Crippen LogP contribution in [0.4, 0.5) is 0 Å². The largest absolute Gasteiger partial charge is 0.376 e. The first-order valence-corrected chi connectivity index (χ1v) is 23.9. The van der Waals surface area contributed by atoms with Crippen LogP contribution in [0.2, 0.25) is 0 Å². The standard InChI is InChI=1S/C53H67N11O/c1-4-34-62(35-5-2)36-16-17-37-63(48(51-58-60-61-59-51)47-25-15-18-38-65-47)39-42-26-28-43(29-27-42)40-64(41(3)50-54-30-31-55-50)49(52-56-32-33-57-52)53(44-19-9-6-10-20-44,45-21-11-7-12-22-45)46-23-13-8-14-24-46/h6-14,19-24,26-33,41,47-49H,4-5,15-18,25,34-40H2,1-3H3,(H,54,55)(H,56,57)(H,58,59,60,61). The molecule has 0 saturated carbocycles. The number of imidazole rings is 2. The van der Waals surface area contributed by atoms with Crippen molar-refractivity contribution < 1.29 is 4.74 Å². The summed E-state index contributed by atoms with van der Waals surface area (Å²) in [4.78, 5) is 24.8. The fourth-order valence-electron chi connectivity index (χ4n) is 10.3. The number of hydrogen-bond donors (Lipinski definition) is 3. The molecule has 3 N–H and O–H groups in total. The number of hydrogen-bond acceptors (Lipinski definition) is 9. The van der Waals surface area contributed by atoms with Gasteiger partial charge in [-0.3, -0.25) is 9.80 Å². The maximum absolute atomic E-state index is 6.50. The molecule has 3 aromatic heterocycles. The first-order chi connectivity index (χ1) is 32.1. The normalized spacial score (nSPS) is 16.0. The van der Waals surface area contributed by atoms with Crippen LogP contribution in [0.25, 0.3) is 0 Å². The highest BCUT2D eigenvalue weighted by Crippen LogP contribution is 2.52. The van der Waals surface area contributed by atoms with Gasteiger partial charge in [0.05, 0.1) is 29.6 Å². The van der Waals surface area contributed by atoms with Gasteiger partial charge >= 0.3 is 0 Å². The lowest BCUT2D eigenvalue weighted by Crippen LogP contribution is -2.47. The maximum Gasteiger partial charge on any atom is 0.168 e. The summed E-state index contributed by atoms with van der Waals surface area (Å²) in [6.07, 6.45) is 15.4. The van der Waals surface area contributed by atoms with Gasteiger partial charge in [-0.25, -0.2) is 15.1 Å². The number of ether oxygens (including phenoxy) is 1. The van der Waals surface area contributed by atoms with Gasteiger partial charge in [0.2, 0.25) is 0 Å². The van der Waals surface area contributed by atoms with E-state index in [9.17, 15) is 0 Å². The second kappa shape index (κ2) is 22.9. The highest BCUT2D eigenvalue weighted by molar-refractivity contribution is 5.53. The van der Waals surface area contributed by atoms with Crippen molar-refractivity contribution in [2.75, 3.05) is 32.8 Å². The van der Waals surface area contributed by atoms with E-state index in [-0.39, 0.29) is 24.2 Å². The smallest absolute Gasteiger partial charge is 0.168 e. The monoisotopic (exact) mass is 874 g/mol. The van der Waals surface area contributed by atoms with E-state index in [0.29, 0.717) is 6.54 Å². The summed E-state index contributed by atoms with van der Waals surface area (Å²) < 4.78 is 6.50. The SMILES string of the molecule is CCCN(CCC)CCCCN(Cc1ccc(CN(C(C)c2ncc[nH]2)C(c2ncc[nH]2)C(c2ccccc2)(c2ccccc2)c2ccccc2)cc1)C(c1nnn[nH]1)C1CCCCO1. The zero-order valence-corrected chi connectivity index (χ0v) is 38.5. The number of rotatable bonds is 24. The average molecular weight is 874 g/mol. The predicted octanol–water partition coefficient (Wildman–Crippen LogP) is 10.00. The Morgan fingerprint density at radius 1 is 0.662 bits per heavy atom. The van der Waals surface area contributed by atoms with Crippen LogP contribution in [-0.2, 0) is 23.2 Å². The number of unbranched alkanes of at least 4 members (excludes halogenated alkanes) is 1. The Morgan fingerprint density at radius 2 is 1.23 bits per heavy atom. The zero-order valence-electron chi connectivity index (χ0n) is 38.5. The van der Waals surface area contributed by atoms with Crippen LogP contribution >= 0.6 is 0 Å². The van der Waals surface area contributed by atoms with Gasteiger partial charge in [-0.1, -0.05) is 129 Å². The molecule has 4 heterocycles. The van der Waals surface area contributed by atoms with Crippen LogP contribution in [0.3, 0.4) is 0 Å². The molecule has 65 heavy (non-hydrogen) atoms. The topological polar surface area (TPSA) is 131 Å². The van der Waals surface area contributed by atoms with Gasteiger partial charge in [-0.05, 0) is 116 Å². The van der Waals surface area contributed by atoms with E-state index < -0.39 is 5.41 Å². The van der Waals surface area contributed by atoms with Crippen LogP contribution in [0.15, 0.2) is 140 Å². The zero-order chi connectivity index (χ0) is 44.7. The Bertz CT molecular complexity index is 2230. The van der Waals surface area contributed by atoms with E-state index >= 15 is 0 Å². The molecule has 1 aliphatic rings. The van der Waals surface area contributed by atoms with Crippen molar-refractivity contribution in [2.24, 2.45) is 0 Å². The predicted molar refractivity (Wildman–Crippen MR) is 257 cm³/mol. The van der Waals surface area contributed by atoms with Crippen LogP contribution < -0.4 is 0 Å². The average Bonchev–Trinajstić information content (AvgIpc) is 4.20. The number of aromatic amines is 3. The minimum atomic E-state index is -0.696. The number of aromatic nitrogens is 8. The molecule has 1 aliphatic heterocycles. The molecule has 1 saturated heterocycles. The number of nitrogens with zero attached hydrogens (tertiary/aromatic N) is 8. The van der Waals surface area contributed by atoms with Crippen molar-refractivity contribution >= 4 is 0 Å². The molecule has 12 heteroatoms. The first-order valence-electron chi connectivity index (χ1n) is 23.9. The van der Waals surface area contributed by atoms with Crippen molar-refractivity contribution in [1.82, 2.24) is 55.3 Å². The Labute approximate surface area is 385 Å². The molecule has 340 valence electrons. The number of tetrazole rings is 1. The van der Waals surface area contributed by atoms with Gasteiger partial charge in [0.25, 0.3) is 0 Å². The lowest BCUT2D eigenvalue weighted by Gasteiger charge is -2.48. The van der Waals surface area contributed by atoms with Gasteiger partial charge in [0.1, 0.15) is 11.6 Å². The van der Waals surface area contributed by atoms with Gasteiger partial charge in [0, 0.05) is 44.5 Å². The van der Waals surface area contributed by atoms with E-state index in [1.807, 2.05) is 24.8 Å². The van der Waals surface area contributed by atoms with Crippen molar-refractivity contribution in [1.29, 1.82) is 0 Å². The van der Waals surface area contributed by atoms with Gasteiger partial charge in [-0.15, -0.1) is 5.10 Å². The van der Waals surface area contributed by atoms with Crippen molar-refractivity contribution in [3.05, 3.63) is 185 Å². The third kappa shape index (κ3) is 10.8. The third-order valence-corrected chi connectivity index (χ3v) is 13.2. The quantitative estimate of drug-likeness (QED) is 0.0401. The second-order valence-electron chi connectivity index (χ2n) is 17.6. The molecule has 4 aromatic carbocycles. The minimum absolute atomic E-state index is 0.0174. The molecule has 0 bridgehead atoms. The Kier molecular flexibility index (Phi) is 16.1. The molecule has 1 fully saturated rings. The van der Waals surface area contributed by atoms with Crippen LogP contribution in [0, 0.1) is 0 Å². The van der Waals surface area contributed by atoms with Crippen molar-refractivity contribution in [3.8, 4) is 0 Å². The number of nitrogens with one attached hydrogen (secondary N) is 3. The van der Waals surface area contributed by atoms with E-state index in [0.717, 1.165) is 88.9 Å². The van der Waals surface area contributed by atoms with Crippen molar-refractivity contribution in [2.45, 2.75) is 108 Å². The Morgan fingerprint density at radius 3 is 1.74 bits per heavy atom. The Hall–Kier alpha value is -5.79. The highest BCUT2D eigenvalue weighted by atomic mass is 16.5. The van der Waals surface area contributed by atoms with E-state index in [2.05, 4.69) is 181 Å². The van der Waals surface area contributed by atoms with E-state index in [4.69, 9.17) is 14.7 Å². The molecule has 12 nitrogen and oxygen atoms in total.